The Morgan fingerprint density at radius 3 is 2.58 bits per heavy atom. The number of hydrogen-bond acceptors (Lipinski definition) is 6. The number of nitrogens with zero attached hydrogens (tertiary/aromatic N) is 3. The predicted molar refractivity (Wildman–Crippen MR) is 237 cm³/mol. The lowest BCUT2D eigenvalue weighted by atomic mass is 9.60. The van der Waals surface area contributed by atoms with Crippen molar-refractivity contribution in [2.24, 2.45) is 15.9 Å². The zero-order valence-corrected chi connectivity index (χ0v) is 33.0. The van der Waals surface area contributed by atoms with Gasteiger partial charge in [0.05, 0.1) is 17.0 Å². The second-order valence-corrected chi connectivity index (χ2v) is 16.7. The van der Waals surface area contributed by atoms with E-state index < -0.39 is 5.41 Å². The van der Waals surface area contributed by atoms with E-state index in [4.69, 9.17) is 14.7 Å². The number of nitriles is 1. The number of nitrogens with one attached hydrogen (secondary N) is 1. The first-order chi connectivity index (χ1) is 29.2. The van der Waals surface area contributed by atoms with Gasteiger partial charge in [-0.15, -0.1) is 5.73 Å². The number of hydrogen-bond donors (Lipinski definition) is 1. The van der Waals surface area contributed by atoms with Crippen LogP contribution in [0.15, 0.2) is 212 Å². The van der Waals surface area contributed by atoms with Crippen molar-refractivity contribution in [1.82, 2.24) is 5.32 Å². The molecule has 5 aromatic carbocycles. The molecule has 11 rings (SSSR count). The van der Waals surface area contributed by atoms with Crippen molar-refractivity contribution in [3.63, 3.8) is 0 Å². The third-order valence-corrected chi connectivity index (χ3v) is 13.4. The molecular weight excluding hydrogens is 741 g/mol. The SMILES string of the molecule is N#Cc1cccc(-c2ccc(C3=NC(c4ccc5c(c4)C4(C6=CCC7CCC=CC7=CC6O5)C5=C(C=CC=C=C5)Sc5ccccc54)=NC(c4ccccc4)N3)cc2)c1. The minimum absolute atomic E-state index is 0.237. The topological polar surface area (TPSA) is 69.8 Å². The second kappa shape index (κ2) is 14.5. The van der Waals surface area contributed by atoms with E-state index >= 15 is 0 Å². The number of ether oxygens (including phenoxy) is 1. The number of allylic oxidation sites excluding steroid dienone is 8. The molecule has 3 heterocycles. The zero-order chi connectivity index (χ0) is 39.3. The molecule has 3 aliphatic heterocycles. The Labute approximate surface area is 348 Å². The average Bonchev–Trinajstić information content (AvgIpc) is 3.66. The summed E-state index contributed by atoms with van der Waals surface area (Å²) in [7, 11) is 0. The Hall–Kier alpha value is -6.90. The summed E-state index contributed by atoms with van der Waals surface area (Å²) in [5, 5.41) is 13.1. The number of aliphatic imine (C=N–C) groups is 2. The Morgan fingerprint density at radius 1 is 0.831 bits per heavy atom. The molecule has 59 heavy (non-hydrogen) atoms. The van der Waals surface area contributed by atoms with Crippen molar-refractivity contribution in [1.29, 1.82) is 5.26 Å². The van der Waals surface area contributed by atoms with Crippen molar-refractivity contribution in [2.75, 3.05) is 0 Å². The van der Waals surface area contributed by atoms with Gasteiger partial charge in [-0.2, -0.15) is 5.26 Å². The summed E-state index contributed by atoms with van der Waals surface area (Å²) in [4.78, 5) is 13.0. The van der Waals surface area contributed by atoms with E-state index in [2.05, 4.69) is 139 Å². The van der Waals surface area contributed by atoms with Crippen molar-refractivity contribution in [2.45, 2.75) is 41.8 Å². The molecule has 0 amide bonds. The second-order valence-electron chi connectivity index (χ2n) is 15.6. The molecule has 0 saturated heterocycles. The Morgan fingerprint density at radius 2 is 1.68 bits per heavy atom. The highest BCUT2D eigenvalue weighted by atomic mass is 32.2. The van der Waals surface area contributed by atoms with Crippen LogP contribution >= 0.6 is 11.8 Å². The van der Waals surface area contributed by atoms with Crippen LogP contribution in [-0.2, 0) is 5.41 Å². The number of thioether (sulfide) groups is 1. The summed E-state index contributed by atoms with van der Waals surface area (Å²) in [6.07, 6.45) is 20.7. The highest BCUT2D eigenvalue weighted by Crippen LogP contribution is 2.61. The van der Waals surface area contributed by atoms with Crippen molar-refractivity contribution < 1.29 is 4.74 Å². The fraction of sp³-hybridized carbons (Fsp3) is 0.132. The summed E-state index contributed by atoms with van der Waals surface area (Å²) in [5.41, 5.74) is 14.6. The molecule has 5 aromatic rings. The molecule has 4 atom stereocenters. The molecule has 0 radical (unpaired) electrons. The van der Waals surface area contributed by atoms with Gasteiger partial charge in [0.1, 0.15) is 23.9 Å². The molecule has 1 spiro atoms. The van der Waals surface area contributed by atoms with E-state index in [9.17, 15) is 5.26 Å². The number of benzene rings is 5. The van der Waals surface area contributed by atoms with Gasteiger partial charge in [-0.3, -0.25) is 0 Å². The Bertz CT molecular complexity index is 2900. The molecule has 3 aliphatic carbocycles. The molecule has 5 nitrogen and oxygen atoms in total. The van der Waals surface area contributed by atoms with Crippen LogP contribution in [0.2, 0.25) is 0 Å². The first-order valence-corrected chi connectivity index (χ1v) is 21.1. The van der Waals surface area contributed by atoms with Crippen LogP contribution in [0.25, 0.3) is 11.1 Å². The first-order valence-electron chi connectivity index (χ1n) is 20.3. The van der Waals surface area contributed by atoms with Crippen LogP contribution in [0.5, 0.6) is 5.75 Å². The van der Waals surface area contributed by atoms with Crippen molar-refractivity contribution in [3.8, 4) is 22.9 Å². The number of rotatable bonds is 4. The van der Waals surface area contributed by atoms with Crippen LogP contribution in [-0.4, -0.2) is 17.8 Å². The highest BCUT2D eigenvalue weighted by Gasteiger charge is 2.53. The van der Waals surface area contributed by atoms with E-state index in [1.807, 2.05) is 60.3 Å². The highest BCUT2D eigenvalue weighted by molar-refractivity contribution is 8.03. The van der Waals surface area contributed by atoms with E-state index in [1.165, 1.54) is 32.1 Å². The number of amidine groups is 2. The van der Waals surface area contributed by atoms with E-state index in [0.717, 1.165) is 64.2 Å². The predicted octanol–water partition coefficient (Wildman–Crippen LogP) is 11.6. The average molecular weight is 779 g/mol. The smallest absolute Gasteiger partial charge is 0.159 e. The largest absolute Gasteiger partial charge is 0.482 e. The van der Waals surface area contributed by atoms with Crippen molar-refractivity contribution >= 4 is 23.4 Å². The number of fused-ring (bicyclic) bond motifs is 8. The lowest BCUT2D eigenvalue weighted by Gasteiger charge is -2.48. The molecule has 0 fully saturated rings. The molecule has 282 valence electrons. The van der Waals surface area contributed by atoms with Gasteiger partial charge < -0.3 is 10.1 Å². The van der Waals surface area contributed by atoms with Gasteiger partial charge in [-0.25, -0.2) is 9.98 Å². The molecule has 0 aromatic heterocycles. The minimum atomic E-state index is -0.646. The molecule has 1 N–H and O–H groups in total. The maximum absolute atomic E-state index is 9.50. The first kappa shape index (κ1) is 35.3. The van der Waals surface area contributed by atoms with Gasteiger partial charge in [-0.05, 0) is 125 Å². The van der Waals surface area contributed by atoms with Crippen LogP contribution in [0, 0.1) is 17.2 Å². The minimum Gasteiger partial charge on any atom is -0.482 e. The summed E-state index contributed by atoms with van der Waals surface area (Å²) < 4.78 is 7.13. The van der Waals surface area contributed by atoms with Gasteiger partial charge >= 0.3 is 0 Å². The van der Waals surface area contributed by atoms with Gasteiger partial charge in [0.2, 0.25) is 0 Å². The quantitative estimate of drug-likeness (QED) is 0.146. The molecule has 6 aliphatic rings. The molecular formula is C53H38N4OS. The maximum Gasteiger partial charge on any atom is 0.159 e. The lowest BCUT2D eigenvalue weighted by Crippen LogP contribution is -2.44. The molecule has 0 bridgehead atoms. The van der Waals surface area contributed by atoms with Crippen LogP contribution in [0.1, 0.15) is 58.8 Å². The summed E-state index contributed by atoms with van der Waals surface area (Å²) in [6, 6.07) is 44.1. The molecule has 0 saturated carbocycles. The molecule has 4 unspecified atom stereocenters. The van der Waals surface area contributed by atoms with Gasteiger partial charge in [-0.1, -0.05) is 121 Å². The third-order valence-electron chi connectivity index (χ3n) is 12.3. The summed E-state index contributed by atoms with van der Waals surface area (Å²) in [5.74, 6) is 2.71. The maximum atomic E-state index is 9.50. The van der Waals surface area contributed by atoms with Gasteiger partial charge in [0.25, 0.3) is 0 Å². The monoisotopic (exact) mass is 778 g/mol. The summed E-state index contributed by atoms with van der Waals surface area (Å²) >= 11 is 1.83. The normalized spacial score (nSPS) is 23.3. The Balaban J connectivity index is 1.10. The van der Waals surface area contributed by atoms with E-state index in [0.29, 0.717) is 17.3 Å². The Kier molecular flexibility index (Phi) is 8.66. The standard InChI is InChI=1S/C53H38N4OS/c54-33-34-12-11-17-39(30-34)36-22-24-38(25-23-36)51-55-50(37-14-3-1-4-15-37)56-52(57-51)41-27-29-46-45(31-41)53(42-28-26-35-13-7-8-16-40(35)32-47(42)58-46)43-18-5-2-6-20-48(43)59-49-21-10-9-19-44(49)53/h1-4,6,8-12,14-25,27-32,35,47,50H,7,13,26H2,(H,55,56,57). The van der Waals surface area contributed by atoms with E-state index in [-0.39, 0.29) is 12.3 Å². The van der Waals surface area contributed by atoms with Crippen molar-refractivity contribution in [3.05, 3.63) is 231 Å². The molecule has 6 heteroatoms. The van der Waals surface area contributed by atoms with Crippen LogP contribution < -0.4 is 10.1 Å². The summed E-state index contributed by atoms with van der Waals surface area (Å²) in [6.45, 7) is 0. The van der Waals surface area contributed by atoms with Crippen LogP contribution in [0.4, 0.5) is 0 Å². The van der Waals surface area contributed by atoms with Gasteiger partial charge in [0.15, 0.2) is 5.84 Å². The zero-order valence-electron chi connectivity index (χ0n) is 32.2. The van der Waals surface area contributed by atoms with Crippen LogP contribution in [0.3, 0.4) is 0 Å². The fourth-order valence-corrected chi connectivity index (χ4v) is 10.6. The van der Waals surface area contributed by atoms with Gasteiger partial charge in [0, 0.05) is 26.5 Å². The van der Waals surface area contributed by atoms with E-state index in [1.54, 1.807) is 0 Å². The fourth-order valence-electron chi connectivity index (χ4n) is 9.45. The lowest BCUT2D eigenvalue weighted by molar-refractivity contribution is 0.244. The third kappa shape index (κ3) is 6.02.